The summed E-state index contributed by atoms with van der Waals surface area (Å²) in [6.45, 7) is 8.06. The summed E-state index contributed by atoms with van der Waals surface area (Å²) in [7, 11) is 3.64. The number of fused-ring (bicyclic) bond motifs is 4. The van der Waals surface area contributed by atoms with E-state index in [-0.39, 0.29) is 24.0 Å². The van der Waals surface area contributed by atoms with Crippen molar-refractivity contribution in [2.24, 2.45) is 11.8 Å². The maximum absolute atomic E-state index is 14.1. The summed E-state index contributed by atoms with van der Waals surface area (Å²) >= 11 is 1.69. The van der Waals surface area contributed by atoms with Gasteiger partial charge in [-0.1, -0.05) is 6.07 Å². The van der Waals surface area contributed by atoms with Gasteiger partial charge in [0.15, 0.2) is 11.5 Å². The van der Waals surface area contributed by atoms with E-state index in [1.807, 2.05) is 30.7 Å². The van der Waals surface area contributed by atoms with E-state index >= 15 is 0 Å². The molecule has 1 unspecified atom stereocenters. The quantitative estimate of drug-likeness (QED) is 0.405. The van der Waals surface area contributed by atoms with Gasteiger partial charge in [0.2, 0.25) is 5.91 Å². The van der Waals surface area contributed by atoms with Crippen LogP contribution in [0.5, 0.6) is 11.5 Å². The van der Waals surface area contributed by atoms with Crippen LogP contribution in [-0.2, 0) is 17.8 Å². The molecule has 0 spiro atoms. The Morgan fingerprint density at radius 2 is 1.82 bits per heavy atom. The number of thiophene rings is 1. The third-order valence-electron chi connectivity index (χ3n) is 8.75. The van der Waals surface area contributed by atoms with Crippen LogP contribution in [-0.4, -0.2) is 65.6 Å². The third kappa shape index (κ3) is 4.52. The Labute approximate surface area is 234 Å². The maximum atomic E-state index is 14.1. The van der Waals surface area contributed by atoms with Gasteiger partial charge in [0.1, 0.15) is 5.69 Å². The van der Waals surface area contributed by atoms with Gasteiger partial charge in [0.25, 0.3) is 5.91 Å². The number of aryl methyl sites for hydroxylation is 1. The molecule has 0 N–H and O–H groups in total. The second-order valence-corrected chi connectivity index (χ2v) is 12.4. The van der Waals surface area contributed by atoms with Gasteiger partial charge in [0, 0.05) is 55.7 Å². The fraction of sp³-hybridized carbons (Fsp3) is 0.484. The normalized spacial score (nSPS) is 21.5. The Bertz CT molecular complexity index is 1400. The summed E-state index contributed by atoms with van der Waals surface area (Å²) < 4.78 is 14.0. The highest BCUT2D eigenvalue weighted by molar-refractivity contribution is 7.13. The van der Waals surface area contributed by atoms with Gasteiger partial charge >= 0.3 is 0 Å². The highest BCUT2D eigenvalue weighted by Crippen LogP contribution is 2.46. The zero-order valence-electron chi connectivity index (χ0n) is 23.4. The van der Waals surface area contributed by atoms with Crippen molar-refractivity contribution in [3.63, 3.8) is 0 Å². The molecular formula is C31H37N3O4S. The molecule has 2 aromatic heterocycles. The Kier molecular flexibility index (Phi) is 6.69. The van der Waals surface area contributed by atoms with Gasteiger partial charge in [-0.25, -0.2) is 0 Å². The molecule has 6 rings (SSSR count). The second kappa shape index (κ2) is 10.0. The van der Waals surface area contributed by atoms with Crippen LogP contribution in [0.1, 0.15) is 49.7 Å². The summed E-state index contributed by atoms with van der Waals surface area (Å²) in [5.41, 5.74) is 5.21. The molecule has 4 heterocycles. The number of rotatable bonds is 6. The van der Waals surface area contributed by atoms with E-state index in [2.05, 4.69) is 40.3 Å². The van der Waals surface area contributed by atoms with Gasteiger partial charge < -0.3 is 23.8 Å². The highest BCUT2D eigenvalue weighted by atomic mass is 32.1. The zero-order chi connectivity index (χ0) is 27.4. The number of carbonyl (C=O) groups excluding carboxylic acids is 2. The molecule has 2 amide bonds. The molecular weight excluding hydrogens is 510 g/mol. The van der Waals surface area contributed by atoms with Crippen LogP contribution >= 0.6 is 11.3 Å². The molecule has 3 aromatic rings. The van der Waals surface area contributed by atoms with E-state index in [4.69, 9.17) is 9.47 Å². The second-order valence-electron chi connectivity index (χ2n) is 11.5. The van der Waals surface area contributed by atoms with Crippen molar-refractivity contribution in [1.29, 1.82) is 0 Å². The molecule has 2 fully saturated rings. The molecule has 39 heavy (non-hydrogen) atoms. The Morgan fingerprint density at radius 3 is 2.44 bits per heavy atom. The van der Waals surface area contributed by atoms with Crippen molar-refractivity contribution < 1.29 is 19.1 Å². The number of hydrogen-bond donors (Lipinski definition) is 0. The molecule has 3 aliphatic rings. The molecule has 3 atom stereocenters. The predicted octanol–water partition coefficient (Wildman–Crippen LogP) is 5.56. The van der Waals surface area contributed by atoms with Crippen molar-refractivity contribution in [2.75, 3.05) is 27.2 Å². The number of amides is 2. The average Bonchev–Trinajstić information content (AvgIpc) is 3.69. The van der Waals surface area contributed by atoms with Crippen LogP contribution in [0.3, 0.4) is 0 Å². The molecule has 206 valence electrons. The minimum Gasteiger partial charge on any atom is -0.493 e. The molecule has 1 aliphatic carbocycles. The third-order valence-corrected chi connectivity index (χ3v) is 9.66. The standard InChI is InChI=1S/C31H37N3O4S/c1-18(2)38-28-15-24-20(13-27(28)37-5)8-9-34-26(14-25(30(24)34)29-7-6-10-39-29)31(36)32(4)23-11-21-16-33(19(3)35)17-22(21)12-23/h6-7,10,13-15,18,21-23H,8-9,11-12,16-17H2,1-5H3/t21-,22+,23?. The topological polar surface area (TPSA) is 64.0 Å². The number of nitrogens with zero attached hydrogens (tertiary/aromatic N) is 3. The summed E-state index contributed by atoms with van der Waals surface area (Å²) in [5.74, 6) is 2.66. The van der Waals surface area contributed by atoms with E-state index in [0.29, 0.717) is 11.8 Å². The first-order valence-corrected chi connectivity index (χ1v) is 14.8. The first-order valence-electron chi connectivity index (χ1n) is 13.9. The largest absolute Gasteiger partial charge is 0.493 e. The van der Waals surface area contributed by atoms with Crippen LogP contribution < -0.4 is 9.47 Å². The molecule has 0 radical (unpaired) electrons. The minimum atomic E-state index is 0.0170. The first kappa shape index (κ1) is 26.0. The summed E-state index contributed by atoms with van der Waals surface area (Å²) in [4.78, 5) is 31.0. The van der Waals surface area contributed by atoms with Crippen molar-refractivity contribution >= 4 is 23.2 Å². The molecule has 7 nitrogen and oxygen atoms in total. The highest BCUT2D eigenvalue weighted by Gasteiger charge is 2.44. The summed E-state index contributed by atoms with van der Waals surface area (Å²) in [6.07, 6.45) is 2.75. The van der Waals surface area contributed by atoms with E-state index in [1.165, 1.54) is 5.56 Å². The molecule has 0 bridgehead atoms. The van der Waals surface area contributed by atoms with E-state index in [1.54, 1.807) is 25.4 Å². The number of hydrogen-bond acceptors (Lipinski definition) is 5. The molecule has 8 heteroatoms. The molecule has 2 aliphatic heterocycles. The van der Waals surface area contributed by atoms with Crippen molar-refractivity contribution in [3.8, 4) is 33.2 Å². The van der Waals surface area contributed by atoms with Crippen LogP contribution in [0.25, 0.3) is 21.7 Å². The number of likely N-dealkylation sites (tertiary alicyclic amines) is 1. The van der Waals surface area contributed by atoms with Crippen molar-refractivity contribution in [1.82, 2.24) is 14.4 Å². The van der Waals surface area contributed by atoms with Crippen molar-refractivity contribution in [2.45, 2.75) is 58.7 Å². The van der Waals surface area contributed by atoms with Crippen molar-refractivity contribution in [3.05, 3.63) is 47.0 Å². The Balaban J connectivity index is 1.36. The average molecular weight is 548 g/mol. The number of aromatic nitrogens is 1. The summed E-state index contributed by atoms with van der Waals surface area (Å²) in [5, 5.41) is 2.08. The van der Waals surface area contributed by atoms with Gasteiger partial charge in [-0.05, 0) is 80.2 Å². The number of methoxy groups -OCH3 is 1. The summed E-state index contributed by atoms with van der Waals surface area (Å²) in [6, 6.07) is 10.7. The maximum Gasteiger partial charge on any atom is 0.270 e. The zero-order valence-corrected chi connectivity index (χ0v) is 24.2. The Morgan fingerprint density at radius 1 is 1.08 bits per heavy atom. The van der Waals surface area contributed by atoms with Gasteiger partial charge in [-0.15, -0.1) is 11.3 Å². The van der Waals surface area contributed by atoms with Crippen LogP contribution in [0.15, 0.2) is 35.7 Å². The smallest absolute Gasteiger partial charge is 0.270 e. The fourth-order valence-electron chi connectivity index (χ4n) is 6.82. The SMILES string of the molecule is COc1cc2c(cc1OC(C)C)-c1c(-c3cccs3)cc(C(=O)N(C)C3C[C@@H]4CN(C(C)=O)C[C@@H]4C3)n1CC2. The molecule has 1 aromatic carbocycles. The first-order chi connectivity index (χ1) is 18.7. The van der Waals surface area contributed by atoms with E-state index in [0.717, 1.165) is 77.8 Å². The van der Waals surface area contributed by atoms with Gasteiger partial charge in [-0.2, -0.15) is 0 Å². The van der Waals surface area contributed by atoms with E-state index in [9.17, 15) is 9.59 Å². The monoisotopic (exact) mass is 547 g/mol. The van der Waals surface area contributed by atoms with E-state index < -0.39 is 0 Å². The van der Waals surface area contributed by atoms with Crippen LogP contribution in [0.4, 0.5) is 0 Å². The molecule has 1 saturated heterocycles. The Hall–Kier alpha value is -3.26. The number of benzene rings is 1. The number of carbonyl (C=O) groups is 2. The minimum absolute atomic E-state index is 0.0170. The number of ether oxygens (including phenoxy) is 2. The lowest BCUT2D eigenvalue weighted by Gasteiger charge is -2.28. The van der Waals surface area contributed by atoms with Gasteiger partial charge in [-0.3, -0.25) is 9.59 Å². The van der Waals surface area contributed by atoms with Gasteiger partial charge in [0.05, 0.1) is 18.9 Å². The molecule has 1 saturated carbocycles. The fourth-order valence-corrected chi connectivity index (χ4v) is 7.57. The lowest BCUT2D eigenvalue weighted by atomic mass is 9.95. The lowest BCUT2D eigenvalue weighted by molar-refractivity contribution is -0.128. The lowest BCUT2D eigenvalue weighted by Crippen LogP contribution is -2.38. The predicted molar refractivity (Wildman–Crippen MR) is 154 cm³/mol. The van der Waals surface area contributed by atoms with Crippen LogP contribution in [0.2, 0.25) is 0 Å². The van der Waals surface area contributed by atoms with Crippen LogP contribution in [0, 0.1) is 11.8 Å².